The Hall–Kier alpha value is -0.410. The molecule has 0 spiro atoms. The van der Waals surface area contributed by atoms with Crippen molar-refractivity contribution in [3.8, 4) is 0 Å². The largest absolute Gasteiger partial charge is 0.327 e. The molecule has 0 aliphatic heterocycles. The van der Waals surface area contributed by atoms with Crippen molar-refractivity contribution in [2.45, 2.75) is 25.3 Å². The molecule has 0 heterocycles. The van der Waals surface area contributed by atoms with Gasteiger partial charge < -0.3 is 5.73 Å². The van der Waals surface area contributed by atoms with Crippen molar-refractivity contribution in [2.75, 3.05) is 0 Å². The third-order valence-corrected chi connectivity index (χ3v) is 3.60. The van der Waals surface area contributed by atoms with Crippen LogP contribution in [0, 0.1) is 11.7 Å². The maximum Gasteiger partial charge on any atom is 0.137 e. The van der Waals surface area contributed by atoms with E-state index in [4.69, 9.17) is 5.73 Å². The molecule has 3 heteroatoms. The predicted octanol–water partition coefficient (Wildman–Crippen LogP) is 2.87. The minimum Gasteiger partial charge on any atom is -0.327 e. The summed E-state index contributed by atoms with van der Waals surface area (Å²) in [6, 6.07) is 5.30. The molecule has 1 fully saturated rings. The van der Waals surface area contributed by atoms with E-state index in [1.54, 1.807) is 6.07 Å². The summed E-state index contributed by atoms with van der Waals surface area (Å²) in [7, 11) is 0. The molecule has 1 atom stereocenters. The normalized spacial score (nSPS) is 18.2. The van der Waals surface area contributed by atoms with Gasteiger partial charge in [-0.25, -0.2) is 4.39 Å². The van der Waals surface area contributed by atoms with Crippen molar-refractivity contribution in [1.82, 2.24) is 0 Å². The van der Waals surface area contributed by atoms with Crippen LogP contribution in [-0.2, 0) is 6.42 Å². The minimum absolute atomic E-state index is 0.188. The quantitative estimate of drug-likeness (QED) is 0.886. The maximum atomic E-state index is 13.2. The van der Waals surface area contributed by atoms with Crippen molar-refractivity contribution in [2.24, 2.45) is 11.7 Å². The lowest BCUT2D eigenvalue weighted by Crippen LogP contribution is -2.25. The van der Waals surface area contributed by atoms with Crippen LogP contribution in [-0.4, -0.2) is 6.04 Å². The third-order valence-electron chi connectivity index (χ3n) is 2.71. The predicted molar refractivity (Wildman–Crippen MR) is 58.5 cm³/mol. The Morgan fingerprint density at radius 1 is 1.50 bits per heavy atom. The molecule has 0 aromatic heterocycles. The van der Waals surface area contributed by atoms with Gasteiger partial charge in [0.15, 0.2) is 0 Å². The number of nitrogens with two attached hydrogens (primary N) is 1. The summed E-state index contributed by atoms with van der Waals surface area (Å²) in [5.74, 6) is 0.454. The van der Waals surface area contributed by atoms with Crippen LogP contribution in [0.5, 0.6) is 0 Å². The SMILES string of the molecule is NC(Cc1cccc(F)c1Br)C1CC1. The van der Waals surface area contributed by atoms with E-state index in [-0.39, 0.29) is 11.9 Å². The standard InChI is InChI=1S/C11H13BrFN/c12-11-8(2-1-3-9(11)13)6-10(14)7-4-5-7/h1-3,7,10H,4-6,14H2. The van der Waals surface area contributed by atoms with Crippen molar-refractivity contribution in [3.05, 3.63) is 34.1 Å². The summed E-state index contributed by atoms with van der Waals surface area (Å²) in [6.45, 7) is 0. The molecule has 0 amide bonds. The van der Waals surface area contributed by atoms with Gasteiger partial charge in [0.25, 0.3) is 0 Å². The monoisotopic (exact) mass is 257 g/mol. The Balaban J connectivity index is 2.11. The molecule has 2 N–H and O–H groups in total. The van der Waals surface area contributed by atoms with Gasteiger partial charge in [-0.3, -0.25) is 0 Å². The summed E-state index contributed by atoms with van der Waals surface area (Å²) in [4.78, 5) is 0. The van der Waals surface area contributed by atoms with E-state index >= 15 is 0 Å². The topological polar surface area (TPSA) is 26.0 Å². The Labute approximate surface area is 91.6 Å². The van der Waals surface area contributed by atoms with Crippen LogP contribution < -0.4 is 5.73 Å². The first-order chi connectivity index (χ1) is 6.68. The molecule has 1 unspecified atom stereocenters. The molecule has 0 bridgehead atoms. The fourth-order valence-electron chi connectivity index (χ4n) is 1.65. The van der Waals surface area contributed by atoms with Crippen LogP contribution in [0.3, 0.4) is 0 Å². The van der Waals surface area contributed by atoms with Gasteiger partial charge in [0, 0.05) is 6.04 Å². The minimum atomic E-state index is -0.203. The van der Waals surface area contributed by atoms with E-state index in [1.807, 2.05) is 6.07 Å². The molecule has 1 aliphatic rings. The molecule has 1 nitrogen and oxygen atoms in total. The second-order valence-corrected chi connectivity index (χ2v) is 4.71. The fourth-order valence-corrected chi connectivity index (χ4v) is 2.08. The molecule has 1 aromatic carbocycles. The Morgan fingerprint density at radius 3 is 2.86 bits per heavy atom. The van der Waals surface area contributed by atoms with Gasteiger partial charge in [-0.05, 0) is 52.7 Å². The van der Waals surface area contributed by atoms with Crippen molar-refractivity contribution in [1.29, 1.82) is 0 Å². The van der Waals surface area contributed by atoms with Crippen LogP contribution in [0.4, 0.5) is 4.39 Å². The first-order valence-corrected chi connectivity index (χ1v) is 5.66. The van der Waals surface area contributed by atoms with Crippen LogP contribution in [0.25, 0.3) is 0 Å². The first-order valence-electron chi connectivity index (χ1n) is 4.87. The van der Waals surface area contributed by atoms with Crippen LogP contribution in [0.1, 0.15) is 18.4 Å². The molecule has 1 saturated carbocycles. The molecule has 76 valence electrons. The van der Waals surface area contributed by atoms with E-state index in [2.05, 4.69) is 15.9 Å². The smallest absolute Gasteiger partial charge is 0.137 e. The Morgan fingerprint density at radius 2 is 2.21 bits per heavy atom. The number of rotatable bonds is 3. The lowest BCUT2D eigenvalue weighted by Gasteiger charge is -2.11. The number of hydrogen-bond acceptors (Lipinski definition) is 1. The second-order valence-electron chi connectivity index (χ2n) is 3.92. The van der Waals surface area contributed by atoms with Crippen LogP contribution in [0.15, 0.2) is 22.7 Å². The zero-order valence-corrected chi connectivity index (χ0v) is 9.43. The van der Waals surface area contributed by atoms with E-state index in [0.717, 1.165) is 12.0 Å². The fraction of sp³-hybridized carbons (Fsp3) is 0.455. The average Bonchev–Trinajstić information content (AvgIpc) is 2.95. The van der Waals surface area contributed by atoms with Crippen LogP contribution in [0.2, 0.25) is 0 Å². The third kappa shape index (κ3) is 2.15. The van der Waals surface area contributed by atoms with E-state index < -0.39 is 0 Å². The summed E-state index contributed by atoms with van der Waals surface area (Å²) in [6.07, 6.45) is 3.23. The van der Waals surface area contributed by atoms with Gasteiger partial charge in [-0.1, -0.05) is 12.1 Å². The van der Waals surface area contributed by atoms with Crippen molar-refractivity contribution in [3.63, 3.8) is 0 Å². The number of benzene rings is 1. The van der Waals surface area contributed by atoms with E-state index in [9.17, 15) is 4.39 Å². The maximum absolute atomic E-state index is 13.2. The number of hydrogen-bond donors (Lipinski definition) is 1. The zero-order chi connectivity index (χ0) is 10.1. The van der Waals surface area contributed by atoms with E-state index in [0.29, 0.717) is 10.4 Å². The molecule has 1 aliphatic carbocycles. The summed E-state index contributed by atoms with van der Waals surface area (Å²) >= 11 is 3.25. The Bertz CT molecular complexity index is 336. The first kappa shape index (κ1) is 10.1. The lowest BCUT2D eigenvalue weighted by atomic mass is 10.0. The molecule has 1 aromatic rings. The Kier molecular flexibility index (Phi) is 2.88. The summed E-state index contributed by atoms with van der Waals surface area (Å²) in [5, 5.41) is 0. The molecule has 14 heavy (non-hydrogen) atoms. The van der Waals surface area contributed by atoms with Crippen molar-refractivity contribution < 1.29 is 4.39 Å². The summed E-state index contributed by atoms with van der Waals surface area (Å²) in [5.41, 5.74) is 6.96. The highest BCUT2D eigenvalue weighted by atomic mass is 79.9. The highest BCUT2D eigenvalue weighted by molar-refractivity contribution is 9.10. The number of halogens is 2. The molecule has 0 saturated heterocycles. The molecule has 2 rings (SSSR count). The van der Waals surface area contributed by atoms with Gasteiger partial charge in [0.2, 0.25) is 0 Å². The van der Waals surface area contributed by atoms with Gasteiger partial charge in [0.1, 0.15) is 5.82 Å². The molecular formula is C11H13BrFN. The lowest BCUT2D eigenvalue weighted by molar-refractivity contribution is 0.580. The van der Waals surface area contributed by atoms with Crippen LogP contribution >= 0.6 is 15.9 Å². The van der Waals surface area contributed by atoms with Gasteiger partial charge in [-0.2, -0.15) is 0 Å². The van der Waals surface area contributed by atoms with Gasteiger partial charge >= 0.3 is 0 Å². The summed E-state index contributed by atoms with van der Waals surface area (Å²) < 4.78 is 13.7. The molecular weight excluding hydrogens is 245 g/mol. The second kappa shape index (κ2) is 3.99. The van der Waals surface area contributed by atoms with Crippen molar-refractivity contribution >= 4 is 15.9 Å². The van der Waals surface area contributed by atoms with E-state index in [1.165, 1.54) is 18.9 Å². The highest BCUT2D eigenvalue weighted by Gasteiger charge is 2.28. The molecule has 0 radical (unpaired) electrons. The van der Waals surface area contributed by atoms with Gasteiger partial charge in [-0.15, -0.1) is 0 Å². The van der Waals surface area contributed by atoms with Gasteiger partial charge in [0.05, 0.1) is 4.47 Å². The highest BCUT2D eigenvalue weighted by Crippen LogP contribution is 2.34. The zero-order valence-electron chi connectivity index (χ0n) is 7.84. The average molecular weight is 258 g/mol.